The average Bonchev–Trinajstić information content (AvgIpc) is 2.62. The Bertz CT molecular complexity index is 905. The van der Waals surface area contributed by atoms with Gasteiger partial charge in [0.1, 0.15) is 0 Å². The van der Waals surface area contributed by atoms with E-state index in [0.717, 1.165) is 4.47 Å². The van der Waals surface area contributed by atoms with Gasteiger partial charge in [-0.1, -0.05) is 15.9 Å². The van der Waals surface area contributed by atoms with E-state index in [-0.39, 0.29) is 22.6 Å². The highest BCUT2D eigenvalue weighted by Crippen LogP contribution is 2.40. The number of phenols is 2. The van der Waals surface area contributed by atoms with Gasteiger partial charge in [-0.05, 0) is 66.0 Å². The van der Waals surface area contributed by atoms with E-state index >= 15 is 0 Å². The molecule has 0 spiro atoms. The van der Waals surface area contributed by atoms with Crippen LogP contribution in [0.5, 0.6) is 23.0 Å². The third kappa shape index (κ3) is 5.59. The summed E-state index contributed by atoms with van der Waals surface area (Å²) in [5, 5.41) is 23.0. The molecule has 11 heteroatoms. The number of carbonyl (C=O) groups is 1. The van der Waals surface area contributed by atoms with E-state index in [0.29, 0.717) is 26.0 Å². The molecular formula is C16H12Br4N2O5. The first-order valence-electron chi connectivity index (χ1n) is 7.12. The van der Waals surface area contributed by atoms with Crippen LogP contribution in [0.1, 0.15) is 5.56 Å². The van der Waals surface area contributed by atoms with Gasteiger partial charge in [0.05, 0.1) is 22.3 Å². The second-order valence-electron chi connectivity index (χ2n) is 4.96. The highest BCUT2D eigenvalue weighted by molar-refractivity contribution is 9.13. The maximum atomic E-state index is 11.9. The van der Waals surface area contributed by atoms with Crippen molar-refractivity contribution in [3.63, 3.8) is 0 Å². The molecule has 0 aliphatic heterocycles. The first-order valence-corrected chi connectivity index (χ1v) is 10.3. The highest BCUT2D eigenvalue weighted by Gasteiger charge is 2.14. The zero-order chi connectivity index (χ0) is 20.1. The van der Waals surface area contributed by atoms with Crippen molar-refractivity contribution in [2.75, 3.05) is 13.7 Å². The van der Waals surface area contributed by atoms with Crippen molar-refractivity contribution in [3.05, 3.63) is 41.7 Å². The van der Waals surface area contributed by atoms with Crippen molar-refractivity contribution in [2.24, 2.45) is 5.10 Å². The van der Waals surface area contributed by atoms with Gasteiger partial charge < -0.3 is 19.7 Å². The van der Waals surface area contributed by atoms with Crippen LogP contribution in [-0.4, -0.2) is 36.1 Å². The molecule has 0 radical (unpaired) electrons. The molecule has 144 valence electrons. The molecule has 1 amide bonds. The zero-order valence-corrected chi connectivity index (χ0v) is 19.9. The number of phenolic OH excluding ortho intramolecular Hbond substituents is 2. The number of hydrogen-bond acceptors (Lipinski definition) is 6. The predicted octanol–water partition coefficient (Wildman–Crippen LogP) is 4.69. The van der Waals surface area contributed by atoms with Gasteiger partial charge in [0.15, 0.2) is 29.6 Å². The Hall–Kier alpha value is -1.30. The van der Waals surface area contributed by atoms with Gasteiger partial charge in [0.25, 0.3) is 5.91 Å². The lowest BCUT2D eigenvalue weighted by Gasteiger charge is -2.12. The normalized spacial score (nSPS) is 10.9. The number of benzene rings is 2. The lowest BCUT2D eigenvalue weighted by Crippen LogP contribution is -2.24. The first kappa shape index (κ1) is 22.0. The van der Waals surface area contributed by atoms with Gasteiger partial charge in [-0.3, -0.25) is 4.79 Å². The molecule has 0 saturated heterocycles. The Morgan fingerprint density at radius 3 is 2.56 bits per heavy atom. The molecule has 2 aromatic carbocycles. The number of methoxy groups -OCH3 is 1. The largest absolute Gasteiger partial charge is 0.504 e. The molecule has 2 aromatic rings. The SMILES string of the molecule is COc1cc(Br)cc(Br)c1OCC(=O)N/N=C\c1cc(O)c(O)c(Br)c1Br. The summed E-state index contributed by atoms with van der Waals surface area (Å²) in [7, 11) is 1.49. The Morgan fingerprint density at radius 2 is 1.89 bits per heavy atom. The van der Waals surface area contributed by atoms with Gasteiger partial charge >= 0.3 is 0 Å². The van der Waals surface area contributed by atoms with Crippen LogP contribution in [0.3, 0.4) is 0 Å². The molecule has 0 unspecified atom stereocenters. The Kier molecular flexibility index (Phi) is 7.95. The molecule has 0 aromatic heterocycles. The van der Waals surface area contributed by atoms with Crippen LogP contribution in [0.4, 0.5) is 0 Å². The van der Waals surface area contributed by atoms with Gasteiger partial charge in [-0.2, -0.15) is 5.10 Å². The summed E-state index contributed by atoms with van der Waals surface area (Å²) >= 11 is 13.1. The van der Waals surface area contributed by atoms with Crippen molar-refractivity contribution in [3.8, 4) is 23.0 Å². The minimum atomic E-state index is -0.499. The number of ether oxygens (including phenoxy) is 2. The van der Waals surface area contributed by atoms with Crippen molar-refractivity contribution in [1.82, 2.24) is 5.43 Å². The third-order valence-electron chi connectivity index (χ3n) is 3.12. The van der Waals surface area contributed by atoms with E-state index in [4.69, 9.17) is 9.47 Å². The summed E-state index contributed by atoms with van der Waals surface area (Å²) < 4.78 is 12.9. The van der Waals surface area contributed by atoms with E-state index in [9.17, 15) is 15.0 Å². The number of hydrazone groups is 1. The summed E-state index contributed by atoms with van der Waals surface area (Å²) in [6.07, 6.45) is 1.31. The Morgan fingerprint density at radius 1 is 1.19 bits per heavy atom. The maximum Gasteiger partial charge on any atom is 0.277 e. The second kappa shape index (κ2) is 9.76. The number of amides is 1. The minimum absolute atomic E-state index is 0.269. The fourth-order valence-electron chi connectivity index (χ4n) is 1.89. The van der Waals surface area contributed by atoms with Crippen LogP contribution in [0.25, 0.3) is 0 Å². The number of hydrogen-bond donors (Lipinski definition) is 3. The second-order valence-corrected chi connectivity index (χ2v) is 8.32. The summed E-state index contributed by atoms with van der Waals surface area (Å²) in [6, 6.07) is 4.77. The third-order valence-corrected chi connectivity index (χ3v) is 6.33. The van der Waals surface area contributed by atoms with Crippen molar-refractivity contribution < 1.29 is 24.5 Å². The Balaban J connectivity index is 2.01. The van der Waals surface area contributed by atoms with Crippen LogP contribution in [-0.2, 0) is 4.79 Å². The fourth-order valence-corrected chi connectivity index (χ4v) is 4.03. The number of carbonyl (C=O) groups excluding carboxylic acids is 1. The van der Waals surface area contributed by atoms with Crippen molar-refractivity contribution >= 4 is 75.8 Å². The highest BCUT2D eigenvalue weighted by atomic mass is 79.9. The molecule has 7 nitrogen and oxygen atoms in total. The van der Waals surface area contributed by atoms with Crippen molar-refractivity contribution in [2.45, 2.75) is 0 Å². The fraction of sp³-hybridized carbons (Fsp3) is 0.125. The molecular weight excluding hydrogens is 620 g/mol. The molecule has 0 heterocycles. The topological polar surface area (TPSA) is 100 Å². The van der Waals surface area contributed by atoms with E-state index < -0.39 is 5.91 Å². The summed E-state index contributed by atoms with van der Waals surface area (Å²) in [5.41, 5.74) is 2.75. The van der Waals surface area contributed by atoms with E-state index in [2.05, 4.69) is 74.2 Å². The molecule has 3 N–H and O–H groups in total. The molecule has 0 bridgehead atoms. The quantitative estimate of drug-likeness (QED) is 0.244. The molecule has 0 atom stereocenters. The number of rotatable bonds is 6. The molecule has 27 heavy (non-hydrogen) atoms. The number of aromatic hydroxyl groups is 2. The van der Waals surface area contributed by atoms with Crippen LogP contribution >= 0.6 is 63.7 Å². The van der Waals surface area contributed by atoms with Crippen LogP contribution in [0.15, 0.2) is 41.2 Å². The first-order chi connectivity index (χ1) is 12.7. The average molecular weight is 632 g/mol. The number of nitrogens with zero attached hydrogens (tertiary/aromatic N) is 1. The number of nitrogens with one attached hydrogen (secondary N) is 1. The molecule has 0 aliphatic rings. The van der Waals surface area contributed by atoms with Crippen molar-refractivity contribution in [1.29, 1.82) is 0 Å². The van der Waals surface area contributed by atoms with Gasteiger partial charge in [-0.25, -0.2) is 5.43 Å². The standard InChI is InChI=1S/C16H12Br4N2O5/c1-26-11-4-8(17)3-9(18)16(11)27-6-12(24)22-21-5-7-2-10(23)15(25)14(20)13(7)19/h2-5,23,25H,6H2,1H3,(H,22,24)/b21-5-. The summed E-state index contributed by atoms with van der Waals surface area (Å²) in [6.45, 7) is -0.292. The van der Waals surface area contributed by atoms with Gasteiger partial charge in [0, 0.05) is 14.5 Å². The lowest BCUT2D eigenvalue weighted by molar-refractivity contribution is -0.123. The lowest BCUT2D eigenvalue weighted by atomic mass is 10.2. The predicted molar refractivity (Wildman–Crippen MR) is 115 cm³/mol. The summed E-state index contributed by atoms with van der Waals surface area (Å²) in [5.74, 6) is -0.281. The van der Waals surface area contributed by atoms with Crippen LogP contribution in [0.2, 0.25) is 0 Å². The van der Waals surface area contributed by atoms with E-state index in [1.54, 1.807) is 12.1 Å². The van der Waals surface area contributed by atoms with E-state index in [1.807, 2.05) is 0 Å². The molecule has 0 aliphatic carbocycles. The van der Waals surface area contributed by atoms with Gasteiger partial charge in [-0.15, -0.1) is 0 Å². The molecule has 0 fully saturated rings. The minimum Gasteiger partial charge on any atom is -0.504 e. The van der Waals surface area contributed by atoms with Crippen LogP contribution < -0.4 is 14.9 Å². The van der Waals surface area contributed by atoms with Gasteiger partial charge in [0.2, 0.25) is 0 Å². The maximum absolute atomic E-state index is 11.9. The van der Waals surface area contributed by atoms with Crippen LogP contribution in [0, 0.1) is 0 Å². The summed E-state index contributed by atoms with van der Waals surface area (Å²) in [4.78, 5) is 11.9. The monoisotopic (exact) mass is 628 g/mol. The molecule has 0 saturated carbocycles. The Labute approximate surface area is 188 Å². The van der Waals surface area contributed by atoms with E-state index in [1.165, 1.54) is 19.4 Å². The molecule has 2 rings (SSSR count). The number of halogens is 4. The smallest absolute Gasteiger partial charge is 0.277 e. The zero-order valence-electron chi connectivity index (χ0n) is 13.6.